The number of aliphatic hydroxyl groups excluding tert-OH is 1. The fraction of sp³-hybridized carbons (Fsp3) is 0.276. The lowest BCUT2D eigenvalue weighted by Gasteiger charge is -2.26. The summed E-state index contributed by atoms with van der Waals surface area (Å²) in [7, 11) is 3.15. The van der Waals surface area contributed by atoms with Crippen molar-refractivity contribution in [1.29, 1.82) is 0 Å². The molecule has 1 N–H and O–H groups in total. The van der Waals surface area contributed by atoms with Gasteiger partial charge in [-0.05, 0) is 59.0 Å². The number of benzene rings is 2. The summed E-state index contributed by atoms with van der Waals surface area (Å²) in [6.07, 6.45) is 3.27. The third-order valence-corrected chi connectivity index (χ3v) is 6.33. The number of likely N-dealkylation sites (tertiary alicyclic amines) is 1. The maximum absolute atomic E-state index is 13.4. The summed E-state index contributed by atoms with van der Waals surface area (Å²) in [6, 6.07) is 15.2. The van der Waals surface area contributed by atoms with Crippen molar-refractivity contribution in [2.75, 3.05) is 14.2 Å². The van der Waals surface area contributed by atoms with E-state index < -0.39 is 17.7 Å². The van der Waals surface area contributed by atoms with Gasteiger partial charge in [-0.3, -0.25) is 14.6 Å². The molecule has 0 aliphatic carbocycles. The van der Waals surface area contributed by atoms with E-state index in [0.717, 1.165) is 11.1 Å². The minimum atomic E-state index is -0.798. The Morgan fingerprint density at radius 2 is 1.72 bits per heavy atom. The van der Waals surface area contributed by atoms with E-state index in [1.165, 1.54) is 4.90 Å². The van der Waals surface area contributed by atoms with Crippen LogP contribution in [0.1, 0.15) is 49.1 Å². The molecule has 1 unspecified atom stereocenters. The number of hydrogen-bond donors (Lipinski definition) is 1. The van der Waals surface area contributed by atoms with Crippen molar-refractivity contribution in [3.8, 4) is 11.5 Å². The zero-order chi connectivity index (χ0) is 26.0. The molecule has 1 aromatic heterocycles. The normalized spacial score (nSPS) is 17.4. The van der Waals surface area contributed by atoms with Crippen molar-refractivity contribution in [1.82, 2.24) is 9.88 Å². The lowest BCUT2D eigenvalue weighted by Crippen LogP contribution is -2.29. The second-order valence-electron chi connectivity index (χ2n) is 9.72. The number of carbonyl (C=O) groups excluding carboxylic acids is 2. The maximum Gasteiger partial charge on any atom is 0.295 e. The highest BCUT2D eigenvalue weighted by Crippen LogP contribution is 2.42. The summed E-state index contributed by atoms with van der Waals surface area (Å²) in [4.78, 5) is 32.2. The van der Waals surface area contributed by atoms with E-state index in [4.69, 9.17) is 9.47 Å². The summed E-state index contributed by atoms with van der Waals surface area (Å²) < 4.78 is 10.9. The van der Waals surface area contributed by atoms with Gasteiger partial charge < -0.3 is 19.5 Å². The quantitative estimate of drug-likeness (QED) is 0.299. The van der Waals surface area contributed by atoms with Crippen molar-refractivity contribution < 1.29 is 24.2 Å². The summed E-state index contributed by atoms with van der Waals surface area (Å²) in [6.45, 7) is 6.30. The number of nitrogens with zero attached hydrogens (tertiary/aromatic N) is 2. The second kappa shape index (κ2) is 9.85. The minimum absolute atomic E-state index is 0.0346. The Kier molecular flexibility index (Phi) is 6.84. The molecule has 4 rings (SSSR count). The molecule has 1 saturated heterocycles. The standard InChI is InChI=1S/C29H30N2O5/c1-29(2,3)22-16-20(9-10-23(22)36-5)26(32)24-25(19-7-6-8-21(15-19)35-4)31(28(34)27(24)33)17-18-11-13-30-14-12-18/h6-16,25,32H,17H2,1-5H3/b26-24-. The average molecular weight is 487 g/mol. The Morgan fingerprint density at radius 1 is 1.00 bits per heavy atom. The first-order valence-corrected chi connectivity index (χ1v) is 11.7. The Balaban J connectivity index is 1.91. The van der Waals surface area contributed by atoms with E-state index in [-0.39, 0.29) is 23.3 Å². The van der Waals surface area contributed by atoms with Crippen molar-refractivity contribution in [2.45, 2.75) is 38.8 Å². The number of ether oxygens (including phenoxy) is 2. The lowest BCUT2D eigenvalue weighted by molar-refractivity contribution is -0.140. The number of aromatic nitrogens is 1. The van der Waals surface area contributed by atoms with Crippen LogP contribution in [-0.4, -0.2) is 40.9 Å². The summed E-state index contributed by atoms with van der Waals surface area (Å²) in [5.41, 5.74) is 2.55. The van der Waals surface area contributed by atoms with Crippen LogP contribution >= 0.6 is 0 Å². The monoisotopic (exact) mass is 486 g/mol. The van der Waals surface area contributed by atoms with Crippen molar-refractivity contribution >= 4 is 17.4 Å². The van der Waals surface area contributed by atoms with Gasteiger partial charge in [0.2, 0.25) is 0 Å². The number of methoxy groups -OCH3 is 2. The highest BCUT2D eigenvalue weighted by Gasteiger charge is 2.46. The van der Waals surface area contributed by atoms with Crippen LogP contribution in [0.15, 0.2) is 72.6 Å². The SMILES string of the molecule is COc1cccc(C2/C(=C(/O)c3ccc(OC)c(C(C)(C)C)c3)C(=O)C(=O)N2Cc2ccncc2)c1. The molecular formula is C29H30N2O5. The van der Waals surface area contributed by atoms with E-state index >= 15 is 0 Å². The molecule has 1 aliphatic heterocycles. The van der Waals surface area contributed by atoms with Crippen LogP contribution in [0.4, 0.5) is 0 Å². The number of amides is 1. The van der Waals surface area contributed by atoms with Crippen LogP contribution in [0, 0.1) is 0 Å². The molecule has 0 radical (unpaired) electrons. The first kappa shape index (κ1) is 25.0. The van der Waals surface area contributed by atoms with Crippen molar-refractivity contribution in [2.24, 2.45) is 0 Å². The zero-order valence-electron chi connectivity index (χ0n) is 21.1. The van der Waals surface area contributed by atoms with Gasteiger partial charge in [-0.15, -0.1) is 0 Å². The summed E-state index contributed by atoms with van der Waals surface area (Å²) in [5.74, 6) is -0.372. The Bertz CT molecular complexity index is 1320. The van der Waals surface area contributed by atoms with Crippen LogP contribution < -0.4 is 9.47 Å². The van der Waals surface area contributed by atoms with Crippen LogP contribution in [0.5, 0.6) is 11.5 Å². The molecule has 1 fully saturated rings. The van der Waals surface area contributed by atoms with Gasteiger partial charge in [0.1, 0.15) is 17.3 Å². The molecule has 1 aliphatic rings. The number of ketones is 1. The van der Waals surface area contributed by atoms with Crippen LogP contribution in [-0.2, 0) is 21.5 Å². The molecular weight excluding hydrogens is 456 g/mol. The number of hydrogen-bond acceptors (Lipinski definition) is 6. The van der Waals surface area contributed by atoms with Gasteiger partial charge in [-0.1, -0.05) is 32.9 Å². The van der Waals surface area contributed by atoms with Gasteiger partial charge in [-0.25, -0.2) is 0 Å². The van der Waals surface area contributed by atoms with Crippen LogP contribution in [0.3, 0.4) is 0 Å². The third kappa shape index (κ3) is 4.69. The molecule has 7 nitrogen and oxygen atoms in total. The minimum Gasteiger partial charge on any atom is -0.507 e. The van der Waals surface area contributed by atoms with Gasteiger partial charge in [0.25, 0.3) is 11.7 Å². The predicted octanol–water partition coefficient (Wildman–Crippen LogP) is 5.02. The van der Waals surface area contributed by atoms with Gasteiger partial charge in [0.15, 0.2) is 0 Å². The average Bonchev–Trinajstić information content (AvgIpc) is 3.13. The molecule has 0 bridgehead atoms. The van der Waals surface area contributed by atoms with E-state index in [9.17, 15) is 14.7 Å². The highest BCUT2D eigenvalue weighted by atomic mass is 16.5. The molecule has 186 valence electrons. The van der Waals surface area contributed by atoms with Gasteiger partial charge in [-0.2, -0.15) is 0 Å². The fourth-order valence-electron chi connectivity index (χ4n) is 4.48. The molecule has 3 aromatic rings. The number of rotatable bonds is 6. The first-order chi connectivity index (χ1) is 17.2. The highest BCUT2D eigenvalue weighted by molar-refractivity contribution is 6.46. The number of pyridine rings is 1. The molecule has 1 amide bonds. The molecule has 0 spiro atoms. The van der Waals surface area contributed by atoms with E-state index in [2.05, 4.69) is 4.98 Å². The smallest absolute Gasteiger partial charge is 0.295 e. The predicted molar refractivity (Wildman–Crippen MR) is 137 cm³/mol. The Labute approximate surface area is 211 Å². The molecule has 2 aromatic carbocycles. The summed E-state index contributed by atoms with van der Waals surface area (Å²) >= 11 is 0. The maximum atomic E-state index is 13.4. The van der Waals surface area contributed by atoms with Gasteiger partial charge in [0.05, 0.1) is 25.8 Å². The zero-order valence-corrected chi connectivity index (χ0v) is 21.1. The first-order valence-electron chi connectivity index (χ1n) is 11.7. The number of carbonyl (C=O) groups is 2. The van der Waals surface area contributed by atoms with Crippen molar-refractivity contribution in [3.63, 3.8) is 0 Å². The number of Topliss-reactive ketones (excluding diaryl/α,β-unsaturated/α-hetero) is 1. The molecule has 7 heteroatoms. The molecule has 1 atom stereocenters. The summed E-state index contributed by atoms with van der Waals surface area (Å²) in [5, 5.41) is 11.5. The van der Waals surface area contributed by atoms with E-state index in [0.29, 0.717) is 22.6 Å². The van der Waals surface area contributed by atoms with Crippen molar-refractivity contribution in [3.05, 3.63) is 94.8 Å². The topological polar surface area (TPSA) is 89.0 Å². The van der Waals surface area contributed by atoms with Gasteiger partial charge >= 0.3 is 0 Å². The fourth-order valence-corrected chi connectivity index (χ4v) is 4.48. The number of aliphatic hydroxyl groups is 1. The molecule has 2 heterocycles. The van der Waals surface area contributed by atoms with Crippen LogP contribution in [0.25, 0.3) is 5.76 Å². The Morgan fingerprint density at radius 3 is 2.36 bits per heavy atom. The van der Waals surface area contributed by atoms with Gasteiger partial charge in [0, 0.05) is 30.1 Å². The second-order valence-corrected chi connectivity index (χ2v) is 9.72. The largest absolute Gasteiger partial charge is 0.507 e. The van der Waals surface area contributed by atoms with E-state index in [1.807, 2.05) is 32.9 Å². The lowest BCUT2D eigenvalue weighted by atomic mass is 9.84. The Hall–Kier alpha value is -4.13. The molecule has 0 saturated carbocycles. The molecule has 36 heavy (non-hydrogen) atoms. The third-order valence-electron chi connectivity index (χ3n) is 6.33. The van der Waals surface area contributed by atoms with Crippen LogP contribution in [0.2, 0.25) is 0 Å². The van der Waals surface area contributed by atoms with E-state index in [1.54, 1.807) is 69.1 Å².